The maximum Gasteiger partial charge on any atom is 0.322 e. The molecule has 0 bridgehead atoms. The van der Waals surface area contributed by atoms with Gasteiger partial charge in [0.25, 0.3) is 0 Å². The van der Waals surface area contributed by atoms with Crippen molar-refractivity contribution in [1.82, 2.24) is 5.32 Å². The Morgan fingerprint density at radius 1 is 1.33 bits per heavy atom. The third-order valence-electron chi connectivity index (χ3n) is 3.44. The first-order chi connectivity index (χ1) is 8.77. The second-order valence-corrected chi connectivity index (χ2v) is 4.95. The van der Waals surface area contributed by atoms with Gasteiger partial charge in [-0.3, -0.25) is 4.79 Å². The van der Waals surface area contributed by atoms with Crippen LogP contribution in [0.2, 0.25) is 0 Å². The number of hydrogen-bond donors (Lipinski definition) is 1. The van der Waals surface area contributed by atoms with Gasteiger partial charge < -0.3 is 14.8 Å². The Balaban J connectivity index is 2.20. The number of nitrogens with one attached hydrogen (secondary N) is 1. The molecule has 0 amide bonds. The van der Waals surface area contributed by atoms with Crippen molar-refractivity contribution >= 4 is 5.97 Å². The zero-order chi connectivity index (χ0) is 13.2. The Kier molecular flexibility index (Phi) is 8.01. The molecule has 0 aliphatic heterocycles. The van der Waals surface area contributed by atoms with Gasteiger partial charge in [-0.25, -0.2) is 0 Å². The molecule has 1 aliphatic carbocycles. The normalized spacial score (nSPS) is 18.6. The van der Waals surface area contributed by atoms with Crippen LogP contribution >= 0.6 is 0 Å². The molecule has 18 heavy (non-hydrogen) atoms. The average molecular weight is 257 g/mol. The second-order valence-electron chi connectivity index (χ2n) is 4.95. The molecule has 1 rings (SSSR count). The average Bonchev–Trinajstić information content (AvgIpc) is 2.43. The fourth-order valence-electron chi connectivity index (χ4n) is 2.35. The Morgan fingerprint density at radius 3 is 2.67 bits per heavy atom. The zero-order valence-corrected chi connectivity index (χ0v) is 11.7. The van der Waals surface area contributed by atoms with E-state index in [0.717, 1.165) is 13.0 Å². The van der Waals surface area contributed by atoms with Crippen LogP contribution in [0.25, 0.3) is 0 Å². The minimum atomic E-state index is -0.224. The molecule has 4 heteroatoms. The summed E-state index contributed by atoms with van der Waals surface area (Å²) in [6.45, 7) is 3.56. The summed E-state index contributed by atoms with van der Waals surface area (Å²) in [5.41, 5.74) is 0. The summed E-state index contributed by atoms with van der Waals surface area (Å²) in [4.78, 5) is 11.6. The first kappa shape index (κ1) is 15.4. The third kappa shape index (κ3) is 5.83. The molecular formula is C14H27NO3. The number of hydrogen-bond acceptors (Lipinski definition) is 4. The van der Waals surface area contributed by atoms with E-state index in [2.05, 4.69) is 12.2 Å². The van der Waals surface area contributed by atoms with Crippen molar-refractivity contribution in [3.8, 4) is 0 Å². The van der Waals surface area contributed by atoms with E-state index in [-0.39, 0.29) is 12.0 Å². The first-order valence-corrected chi connectivity index (χ1v) is 7.20. The minimum Gasteiger partial charge on any atom is -0.468 e. The Labute approximate surface area is 110 Å². The highest BCUT2D eigenvalue weighted by molar-refractivity contribution is 5.75. The topological polar surface area (TPSA) is 47.6 Å². The van der Waals surface area contributed by atoms with Crippen LogP contribution in [0.4, 0.5) is 0 Å². The molecule has 1 saturated carbocycles. The third-order valence-corrected chi connectivity index (χ3v) is 3.44. The van der Waals surface area contributed by atoms with E-state index in [1.54, 1.807) is 0 Å². The molecule has 0 aromatic rings. The van der Waals surface area contributed by atoms with Crippen LogP contribution in [-0.2, 0) is 14.3 Å². The molecule has 0 heterocycles. The molecule has 1 atom stereocenters. The smallest absolute Gasteiger partial charge is 0.322 e. The van der Waals surface area contributed by atoms with Gasteiger partial charge in [0.1, 0.15) is 6.04 Å². The maximum atomic E-state index is 11.6. The largest absolute Gasteiger partial charge is 0.468 e. The molecule has 1 unspecified atom stereocenters. The van der Waals surface area contributed by atoms with E-state index in [9.17, 15) is 4.79 Å². The molecular weight excluding hydrogens is 230 g/mol. The van der Waals surface area contributed by atoms with Crippen molar-refractivity contribution in [2.75, 3.05) is 20.3 Å². The summed E-state index contributed by atoms with van der Waals surface area (Å²) >= 11 is 0. The summed E-state index contributed by atoms with van der Waals surface area (Å²) in [6.07, 6.45) is 8.35. The summed E-state index contributed by atoms with van der Waals surface area (Å²) in [5.74, 6) is -0.185. The van der Waals surface area contributed by atoms with Crippen molar-refractivity contribution in [3.05, 3.63) is 0 Å². The van der Waals surface area contributed by atoms with Crippen molar-refractivity contribution in [2.45, 2.75) is 64.0 Å². The van der Waals surface area contributed by atoms with Crippen LogP contribution in [0, 0.1) is 0 Å². The SMILES string of the molecule is CCCNC(CCOC1CCCCC1)C(=O)OC. The second kappa shape index (κ2) is 9.34. The summed E-state index contributed by atoms with van der Waals surface area (Å²) in [7, 11) is 1.44. The summed E-state index contributed by atoms with van der Waals surface area (Å²) in [6, 6.07) is -0.224. The Hall–Kier alpha value is -0.610. The lowest BCUT2D eigenvalue weighted by Crippen LogP contribution is -2.39. The van der Waals surface area contributed by atoms with Gasteiger partial charge in [0.15, 0.2) is 0 Å². The number of ether oxygens (including phenoxy) is 2. The predicted molar refractivity (Wildman–Crippen MR) is 71.5 cm³/mol. The molecule has 106 valence electrons. The summed E-state index contributed by atoms with van der Waals surface area (Å²) in [5, 5.41) is 3.20. The lowest BCUT2D eigenvalue weighted by molar-refractivity contribution is -0.143. The van der Waals surface area contributed by atoms with Crippen molar-refractivity contribution < 1.29 is 14.3 Å². The van der Waals surface area contributed by atoms with E-state index in [1.165, 1.54) is 39.2 Å². The van der Waals surface area contributed by atoms with Gasteiger partial charge in [-0.05, 0) is 32.2 Å². The fourth-order valence-corrected chi connectivity index (χ4v) is 2.35. The number of esters is 1. The zero-order valence-electron chi connectivity index (χ0n) is 11.7. The number of rotatable bonds is 8. The lowest BCUT2D eigenvalue weighted by atomic mass is 9.98. The number of carbonyl (C=O) groups is 1. The van der Waals surface area contributed by atoms with E-state index >= 15 is 0 Å². The van der Waals surface area contributed by atoms with Crippen LogP contribution in [0.15, 0.2) is 0 Å². The summed E-state index contributed by atoms with van der Waals surface area (Å²) < 4.78 is 10.6. The van der Waals surface area contributed by atoms with E-state index in [4.69, 9.17) is 9.47 Å². The Bertz CT molecular complexity index is 227. The molecule has 4 nitrogen and oxygen atoms in total. The monoisotopic (exact) mass is 257 g/mol. The van der Waals surface area contributed by atoms with Crippen LogP contribution in [0.3, 0.4) is 0 Å². The molecule has 1 aliphatic rings. The van der Waals surface area contributed by atoms with Crippen LogP contribution in [0.1, 0.15) is 51.9 Å². The molecule has 1 fully saturated rings. The molecule has 0 radical (unpaired) electrons. The van der Waals surface area contributed by atoms with E-state index in [1.807, 2.05) is 0 Å². The van der Waals surface area contributed by atoms with Crippen molar-refractivity contribution in [1.29, 1.82) is 0 Å². The van der Waals surface area contributed by atoms with Gasteiger partial charge in [0.05, 0.1) is 13.2 Å². The molecule has 0 saturated heterocycles. The molecule has 0 spiro atoms. The van der Waals surface area contributed by atoms with Gasteiger partial charge >= 0.3 is 5.97 Å². The van der Waals surface area contributed by atoms with Crippen LogP contribution in [0.5, 0.6) is 0 Å². The van der Waals surface area contributed by atoms with Crippen LogP contribution in [-0.4, -0.2) is 38.4 Å². The van der Waals surface area contributed by atoms with E-state index < -0.39 is 0 Å². The Morgan fingerprint density at radius 2 is 2.06 bits per heavy atom. The molecule has 0 aromatic carbocycles. The van der Waals surface area contributed by atoms with Gasteiger partial charge in [-0.2, -0.15) is 0 Å². The number of carbonyl (C=O) groups excluding carboxylic acids is 1. The molecule has 0 aromatic heterocycles. The van der Waals surface area contributed by atoms with Crippen molar-refractivity contribution in [3.63, 3.8) is 0 Å². The van der Waals surface area contributed by atoms with Gasteiger partial charge in [0.2, 0.25) is 0 Å². The predicted octanol–water partition coefficient (Wildman–Crippen LogP) is 2.27. The fraction of sp³-hybridized carbons (Fsp3) is 0.929. The lowest BCUT2D eigenvalue weighted by Gasteiger charge is -2.23. The van der Waals surface area contributed by atoms with Gasteiger partial charge in [0, 0.05) is 6.61 Å². The quantitative estimate of drug-likeness (QED) is 0.678. The van der Waals surface area contributed by atoms with Gasteiger partial charge in [-0.15, -0.1) is 0 Å². The highest BCUT2D eigenvalue weighted by atomic mass is 16.5. The van der Waals surface area contributed by atoms with Crippen LogP contribution < -0.4 is 5.32 Å². The number of methoxy groups -OCH3 is 1. The van der Waals surface area contributed by atoms with Gasteiger partial charge in [-0.1, -0.05) is 26.2 Å². The standard InChI is InChI=1S/C14H27NO3/c1-3-10-15-13(14(16)17-2)9-11-18-12-7-5-4-6-8-12/h12-13,15H,3-11H2,1-2H3. The highest BCUT2D eigenvalue weighted by Gasteiger charge is 2.19. The maximum absolute atomic E-state index is 11.6. The highest BCUT2D eigenvalue weighted by Crippen LogP contribution is 2.20. The first-order valence-electron chi connectivity index (χ1n) is 7.20. The molecule has 1 N–H and O–H groups in total. The van der Waals surface area contributed by atoms with E-state index in [0.29, 0.717) is 19.1 Å². The minimum absolute atomic E-state index is 0.185. The van der Waals surface area contributed by atoms with Crippen molar-refractivity contribution in [2.24, 2.45) is 0 Å².